The smallest absolute Gasteiger partial charge is 0.261 e. The zero-order chi connectivity index (χ0) is 28.2. The highest BCUT2D eigenvalue weighted by Crippen LogP contribution is 2.31. The summed E-state index contributed by atoms with van der Waals surface area (Å²) in [6.07, 6.45) is 0.933. The van der Waals surface area contributed by atoms with E-state index in [1.807, 2.05) is 93.6 Å². The number of rotatable bonds is 9. The molecule has 2 aromatic heterocycles. The van der Waals surface area contributed by atoms with Gasteiger partial charge in [0.1, 0.15) is 11.6 Å². The predicted molar refractivity (Wildman–Crippen MR) is 159 cm³/mol. The minimum absolute atomic E-state index is 0. The molecule has 5 aromatic rings. The topological polar surface area (TPSA) is 106 Å². The van der Waals surface area contributed by atoms with Gasteiger partial charge in [-0.2, -0.15) is 5.16 Å². The van der Waals surface area contributed by atoms with Gasteiger partial charge in [-0.3, -0.25) is 9.36 Å². The molecule has 0 saturated carbocycles. The standard InChI is InChI=1S/C32H32N4O4.CH4/c1-5-8-28-33-21(4)29(24-15-17-25(18-16-24)39-20(2)3)31(37)36(28)19-22-11-13-23(14-12-22)26-9-6-7-10-27(26)30-34-32(38)40-35-30;/h6-7,9-18,20H,5,8,19H2,1-4H3,(H,34,35,38);1H4/p-1. The van der Waals surface area contributed by atoms with E-state index in [4.69, 9.17) is 9.72 Å². The average molecular weight is 552 g/mol. The summed E-state index contributed by atoms with van der Waals surface area (Å²) in [6, 6.07) is 23.2. The van der Waals surface area contributed by atoms with E-state index in [0.29, 0.717) is 24.1 Å². The molecule has 0 fully saturated rings. The van der Waals surface area contributed by atoms with Gasteiger partial charge in [-0.15, -0.1) is 0 Å². The van der Waals surface area contributed by atoms with Gasteiger partial charge in [0.2, 0.25) is 0 Å². The lowest BCUT2D eigenvalue weighted by molar-refractivity contribution is -0.303. The second kappa shape index (κ2) is 12.6. The van der Waals surface area contributed by atoms with Crippen molar-refractivity contribution in [2.75, 3.05) is 0 Å². The molecule has 8 heteroatoms. The molecular formula is C33H35N4O4-. The maximum Gasteiger partial charge on any atom is 0.261 e. The van der Waals surface area contributed by atoms with Crippen LogP contribution < -0.4 is 15.4 Å². The molecule has 2 heterocycles. The number of hydrogen-bond acceptors (Lipinski definition) is 7. The van der Waals surface area contributed by atoms with Crippen molar-refractivity contribution in [3.63, 3.8) is 0 Å². The van der Waals surface area contributed by atoms with Gasteiger partial charge in [-0.05, 0) is 61.6 Å². The Hall–Kier alpha value is -4.72. The zero-order valence-electron chi connectivity index (χ0n) is 23.0. The van der Waals surface area contributed by atoms with Crippen molar-refractivity contribution in [1.82, 2.24) is 19.7 Å². The molecule has 0 aliphatic carbocycles. The van der Waals surface area contributed by atoms with E-state index < -0.39 is 6.08 Å². The van der Waals surface area contributed by atoms with Crippen molar-refractivity contribution in [1.29, 1.82) is 0 Å². The van der Waals surface area contributed by atoms with Crippen molar-refractivity contribution < 1.29 is 14.4 Å². The summed E-state index contributed by atoms with van der Waals surface area (Å²) < 4.78 is 12.2. The largest absolute Gasteiger partial charge is 0.528 e. The van der Waals surface area contributed by atoms with Crippen molar-refractivity contribution in [3.8, 4) is 45.5 Å². The monoisotopic (exact) mass is 551 g/mol. The van der Waals surface area contributed by atoms with Crippen molar-refractivity contribution >= 4 is 0 Å². The summed E-state index contributed by atoms with van der Waals surface area (Å²) in [5, 5.41) is 15.2. The van der Waals surface area contributed by atoms with E-state index in [1.165, 1.54) is 0 Å². The Bertz CT molecular complexity index is 1670. The summed E-state index contributed by atoms with van der Waals surface area (Å²) in [5.74, 6) is 1.79. The summed E-state index contributed by atoms with van der Waals surface area (Å²) in [7, 11) is 0. The van der Waals surface area contributed by atoms with Gasteiger partial charge in [0.15, 0.2) is 11.9 Å². The fraction of sp³-hybridized carbons (Fsp3) is 0.273. The zero-order valence-corrected chi connectivity index (χ0v) is 23.0. The molecule has 0 spiro atoms. The van der Waals surface area contributed by atoms with Crippen LogP contribution in [0.4, 0.5) is 0 Å². The molecule has 0 saturated heterocycles. The summed E-state index contributed by atoms with van der Waals surface area (Å²) in [4.78, 5) is 22.6. The number of aromatic nitrogens is 4. The quantitative estimate of drug-likeness (QED) is 0.208. The molecule has 41 heavy (non-hydrogen) atoms. The first-order valence-corrected chi connectivity index (χ1v) is 13.4. The highest BCUT2D eigenvalue weighted by Gasteiger charge is 2.17. The van der Waals surface area contributed by atoms with Crippen LogP contribution in [0.3, 0.4) is 0 Å². The van der Waals surface area contributed by atoms with Crippen LogP contribution >= 0.6 is 0 Å². The molecule has 0 aliphatic rings. The Morgan fingerprint density at radius 1 is 0.927 bits per heavy atom. The second-order valence-corrected chi connectivity index (χ2v) is 9.95. The molecule has 0 atom stereocenters. The van der Waals surface area contributed by atoms with Crippen LogP contribution in [0.2, 0.25) is 0 Å². The second-order valence-electron chi connectivity index (χ2n) is 9.95. The number of ether oxygens (including phenoxy) is 1. The Balaban J connectivity index is 0.00000387. The van der Waals surface area contributed by atoms with Crippen LogP contribution in [-0.2, 0) is 13.0 Å². The fourth-order valence-electron chi connectivity index (χ4n) is 4.82. The lowest BCUT2D eigenvalue weighted by Crippen LogP contribution is -2.28. The van der Waals surface area contributed by atoms with Gasteiger partial charge in [0, 0.05) is 12.0 Å². The lowest BCUT2D eigenvalue weighted by atomic mass is 9.98. The van der Waals surface area contributed by atoms with Gasteiger partial charge in [-0.25, -0.2) is 9.97 Å². The highest BCUT2D eigenvalue weighted by atomic mass is 16.6. The molecule has 0 amide bonds. The van der Waals surface area contributed by atoms with Gasteiger partial charge in [-0.1, -0.05) is 75.0 Å². The first-order chi connectivity index (χ1) is 19.3. The Labute approximate surface area is 240 Å². The molecule has 8 nitrogen and oxygen atoms in total. The first-order valence-electron chi connectivity index (χ1n) is 13.4. The Kier molecular flexibility index (Phi) is 9.02. The predicted octanol–water partition coefficient (Wildman–Crippen LogP) is 6.43. The number of nitrogens with zero attached hydrogens (tertiary/aromatic N) is 4. The summed E-state index contributed by atoms with van der Waals surface area (Å²) >= 11 is 0. The van der Waals surface area contributed by atoms with Gasteiger partial charge < -0.3 is 14.4 Å². The molecule has 5 rings (SSSR count). The van der Waals surface area contributed by atoms with Crippen LogP contribution in [0, 0.1) is 6.92 Å². The third kappa shape index (κ3) is 6.38. The molecular weight excluding hydrogens is 516 g/mol. The van der Waals surface area contributed by atoms with E-state index in [0.717, 1.165) is 45.9 Å². The van der Waals surface area contributed by atoms with Crippen molar-refractivity contribution in [3.05, 3.63) is 100 Å². The Morgan fingerprint density at radius 3 is 2.20 bits per heavy atom. The minimum atomic E-state index is -0.723. The summed E-state index contributed by atoms with van der Waals surface area (Å²) in [6.45, 7) is 8.34. The SMILES string of the molecule is C.CCCc1nc(C)c(-c2ccc(OC(C)C)cc2)c(=O)n1Cc1ccc(-c2ccccc2-c2noc([O-])n2)cc1. The summed E-state index contributed by atoms with van der Waals surface area (Å²) in [5.41, 5.74) is 5.56. The molecule has 0 aliphatic heterocycles. The van der Waals surface area contributed by atoms with Crippen LogP contribution in [0.1, 0.15) is 51.7 Å². The van der Waals surface area contributed by atoms with Crippen LogP contribution in [0.5, 0.6) is 11.8 Å². The van der Waals surface area contributed by atoms with Crippen molar-refractivity contribution in [2.45, 2.75) is 60.6 Å². The van der Waals surface area contributed by atoms with E-state index in [1.54, 1.807) is 4.57 Å². The molecule has 212 valence electrons. The molecule has 0 radical (unpaired) electrons. The molecule has 3 aromatic carbocycles. The maximum absolute atomic E-state index is 13.9. The first kappa shape index (κ1) is 29.3. The number of benzene rings is 3. The minimum Gasteiger partial charge on any atom is -0.528 e. The average Bonchev–Trinajstić information content (AvgIpc) is 3.38. The molecule has 0 bridgehead atoms. The van der Waals surface area contributed by atoms with Crippen molar-refractivity contribution in [2.24, 2.45) is 0 Å². The lowest BCUT2D eigenvalue weighted by Gasteiger charge is -2.17. The van der Waals surface area contributed by atoms with E-state index >= 15 is 0 Å². The third-order valence-electron chi connectivity index (χ3n) is 6.60. The fourth-order valence-corrected chi connectivity index (χ4v) is 4.82. The van der Waals surface area contributed by atoms with E-state index in [-0.39, 0.29) is 24.9 Å². The number of hydrogen-bond donors (Lipinski definition) is 0. The van der Waals surface area contributed by atoms with Crippen LogP contribution in [-0.4, -0.2) is 25.8 Å². The van der Waals surface area contributed by atoms with Crippen LogP contribution in [0.15, 0.2) is 82.1 Å². The van der Waals surface area contributed by atoms with Gasteiger partial charge in [0.05, 0.1) is 23.9 Å². The maximum atomic E-state index is 13.9. The van der Waals surface area contributed by atoms with Gasteiger partial charge in [0.25, 0.3) is 5.56 Å². The number of aryl methyl sites for hydroxylation is 2. The van der Waals surface area contributed by atoms with Crippen LogP contribution in [0.25, 0.3) is 33.6 Å². The Morgan fingerprint density at radius 2 is 1.59 bits per heavy atom. The molecule has 0 N–H and O–H groups in total. The van der Waals surface area contributed by atoms with Gasteiger partial charge >= 0.3 is 0 Å². The molecule has 0 unspecified atom stereocenters. The van der Waals surface area contributed by atoms with E-state index in [2.05, 4.69) is 21.6 Å². The third-order valence-corrected chi connectivity index (χ3v) is 6.60. The van der Waals surface area contributed by atoms with E-state index in [9.17, 15) is 9.90 Å². The normalized spacial score (nSPS) is 11.0. The highest BCUT2D eigenvalue weighted by molar-refractivity contribution is 5.80.